The molecule has 0 aliphatic rings. The van der Waals surface area contributed by atoms with Crippen molar-refractivity contribution in [3.63, 3.8) is 0 Å². The summed E-state index contributed by atoms with van der Waals surface area (Å²) in [5, 5.41) is 24.2. The van der Waals surface area contributed by atoms with Gasteiger partial charge < -0.3 is 20.8 Å². The van der Waals surface area contributed by atoms with Crippen molar-refractivity contribution in [2.75, 3.05) is 30.9 Å². The number of nitrogens with one attached hydrogen (secondary N) is 2. The van der Waals surface area contributed by atoms with Gasteiger partial charge in [0, 0.05) is 7.05 Å². The second-order valence-corrected chi connectivity index (χ2v) is 4.05. The van der Waals surface area contributed by atoms with Gasteiger partial charge in [-0.15, -0.1) is 0 Å². The van der Waals surface area contributed by atoms with E-state index in [2.05, 4.69) is 20.6 Å². The van der Waals surface area contributed by atoms with Crippen LogP contribution in [0.4, 0.5) is 11.8 Å². The molecule has 90 valence electrons. The Labute approximate surface area is 98.7 Å². The molecule has 0 saturated heterocycles. The lowest BCUT2D eigenvalue weighted by molar-refractivity contribution is 0.147. The van der Waals surface area contributed by atoms with Crippen LogP contribution in [0, 0.1) is 0 Å². The second kappa shape index (κ2) is 5.29. The highest BCUT2D eigenvalue weighted by atomic mass is 35.5. The van der Waals surface area contributed by atoms with Gasteiger partial charge in [-0.3, -0.25) is 0 Å². The van der Waals surface area contributed by atoms with Gasteiger partial charge in [-0.1, -0.05) is 11.6 Å². The second-order valence-electron chi connectivity index (χ2n) is 3.64. The Kier molecular flexibility index (Phi) is 4.28. The van der Waals surface area contributed by atoms with E-state index >= 15 is 0 Å². The van der Waals surface area contributed by atoms with E-state index in [9.17, 15) is 0 Å². The molecule has 0 aromatic carbocycles. The maximum absolute atomic E-state index is 9.14. The summed E-state index contributed by atoms with van der Waals surface area (Å²) in [7, 11) is 1.68. The minimum Gasteiger partial charge on any atom is -0.394 e. The molecule has 0 spiro atoms. The third-order valence-electron chi connectivity index (χ3n) is 2.09. The number of aromatic nitrogens is 2. The molecule has 16 heavy (non-hydrogen) atoms. The van der Waals surface area contributed by atoms with Gasteiger partial charge in [0.15, 0.2) is 5.82 Å². The van der Waals surface area contributed by atoms with Crippen molar-refractivity contribution in [1.29, 1.82) is 0 Å². The number of nitrogens with zero attached hydrogens (tertiary/aromatic N) is 2. The molecule has 4 N–H and O–H groups in total. The van der Waals surface area contributed by atoms with E-state index in [1.165, 1.54) is 6.20 Å². The molecule has 0 saturated carbocycles. The number of rotatable bonds is 5. The first-order valence-electron chi connectivity index (χ1n) is 4.75. The van der Waals surface area contributed by atoms with Crippen LogP contribution in [0.5, 0.6) is 0 Å². The van der Waals surface area contributed by atoms with Crippen LogP contribution in [0.15, 0.2) is 6.20 Å². The number of aliphatic hydroxyl groups is 2. The number of aliphatic hydroxyl groups excluding tert-OH is 2. The minimum atomic E-state index is -0.872. The van der Waals surface area contributed by atoms with Gasteiger partial charge in [0.25, 0.3) is 0 Å². The van der Waals surface area contributed by atoms with E-state index in [1.54, 1.807) is 14.0 Å². The summed E-state index contributed by atoms with van der Waals surface area (Å²) in [5.41, 5.74) is -0.872. The number of halogens is 1. The van der Waals surface area contributed by atoms with E-state index in [0.717, 1.165) is 0 Å². The highest BCUT2D eigenvalue weighted by molar-refractivity contribution is 6.32. The topological polar surface area (TPSA) is 90.3 Å². The van der Waals surface area contributed by atoms with Gasteiger partial charge in [-0.2, -0.15) is 4.98 Å². The Morgan fingerprint density at radius 2 is 2.06 bits per heavy atom. The zero-order chi connectivity index (χ0) is 12.2. The predicted octanol–water partition coefficient (Wildman–Crippen LogP) is 0.327. The number of anilines is 2. The fourth-order valence-corrected chi connectivity index (χ4v) is 1.13. The van der Waals surface area contributed by atoms with Crippen molar-refractivity contribution in [2.45, 2.75) is 12.5 Å². The van der Waals surface area contributed by atoms with Gasteiger partial charge >= 0.3 is 0 Å². The van der Waals surface area contributed by atoms with Crippen molar-refractivity contribution >= 4 is 23.4 Å². The Bertz CT molecular complexity index is 357. The monoisotopic (exact) mass is 246 g/mol. The smallest absolute Gasteiger partial charge is 0.224 e. The predicted molar refractivity (Wildman–Crippen MR) is 62.8 cm³/mol. The molecule has 0 aliphatic heterocycles. The molecule has 0 atom stereocenters. The summed E-state index contributed by atoms with van der Waals surface area (Å²) in [5.74, 6) is 0.775. The summed E-state index contributed by atoms with van der Waals surface area (Å²) < 4.78 is 0. The first kappa shape index (κ1) is 13.0. The van der Waals surface area contributed by atoms with E-state index in [-0.39, 0.29) is 13.2 Å². The van der Waals surface area contributed by atoms with Crippen LogP contribution < -0.4 is 10.6 Å². The van der Waals surface area contributed by atoms with Crippen molar-refractivity contribution in [2.24, 2.45) is 0 Å². The molecule has 1 aromatic rings. The summed E-state index contributed by atoms with van der Waals surface area (Å²) in [6.45, 7) is 1.18. The van der Waals surface area contributed by atoms with Crippen molar-refractivity contribution in [3.8, 4) is 0 Å². The van der Waals surface area contributed by atoms with E-state index in [0.29, 0.717) is 16.8 Å². The number of hydrogen-bond donors (Lipinski definition) is 4. The van der Waals surface area contributed by atoms with Gasteiger partial charge in [0.05, 0.1) is 24.9 Å². The van der Waals surface area contributed by atoms with Gasteiger partial charge in [0.2, 0.25) is 5.95 Å². The van der Waals surface area contributed by atoms with Crippen molar-refractivity contribution in [3.05, 3.63) is 11.2 Å². The first-order chi connectivity index (χ1) is 7.54. The SMILES string of the molecule is CNc1ncc(Cl)c(NC(C)(CO)CO)n1. The molecule has 0 unspecified atom stereocenters. The molecule has 0 bridgehead atoms. The Morgan fingerprint density at radius 3 is 2.56 bits per heavy atom. The first-order valence-corrected chi connectivity index (χ1v) is 5.12. The van der Waals surface area contributed by atoms with Crippen LogP contribution >= 0.6 is 11.6 Å². The Morgan fingerprint density at radius 1 is 1.44 bits per heavy atom. The summed E-state index contributed by atoms with van der Waals surface area (Å²) >= 11 is 5.89. The molecule has 1 rings (SSSR count). The van der Waals surface area contributed by atoms with Crippen LogP contribution in [0.1, 0.15) is 6.92 Å². The third-order valence-corrected chi connectivity index (χ3v) is 2.36. The normalized spacial score (nSPS) is 11.3. The van der Waals surface area contributed by atoms with Crippen molar-refractivity contribution < 1.29 is 10.2 Å². The molecular formula is C9H15ClN4O2. The zero-order valence-corrected chi connectivity index (χ0v) is 9.91. The fraction of sp³-hybridized carbons (Fsp3) is 0.556. The average molecular weight is 247 g/mol. The molecule has 0 amide bonds. The van der Waals surface area contributed by atoms with Crippen LogP contribution in [-0.4, -0.2) is 46.0 Å². The minimum absolute atomic E-state index is 0.237. The quantitative estimate of drug-likeness (QED) is 0.599. The molecule has 6 nitrogen and oxygen atoms in total. The van der Waals surface area contributed by atoms with Crippen LogP contribution in [-0.2, 0) is 0 Å². The summed E-state index contributed by atoms with van der Waals surface area (Å²) in [6, 6.07) is 0. The fourth-order valence-electron chi connectivity index (χ4n) is 0.990. The number of hydrogen-bond acceptors (Lipinski definition) is 6. The maximum atomic E-state index is 9.14. The standard InChI is InChI=1S/C9H15ClN4O2/c1-9(4-15,5-16)14-7-6(10)3-12-8(11-2)13-7/h3,15-16H,4-5H2,1-2H3,(H2,11,12,13,14). The van der Waals surface area contributed by atoms with Gasteiger partial charge in [-0.05, 0) is 6.92 Å². The van der Waals surface area contributed by atoms with Crippen LogP contribution in [0.25, 0.3) is 0 Å². The molecule has 0 fully saturated rings. The molecule has 0 aliphatic carbocycles. The van der Waals surface area contributed by atoms with E-state index in [1.807, 2.05) is 0 Å². The van der Waals surface area contributed by atoms with Crippen LogP contribution in [0.2, 0.25) is 5.02 Å². The Hall–Kier alpha value is -1.11. The maximum Gasteiger partial charge on any atom is 0.224 e. The Balaban J connectivity index is 2.95. The highest BCUT2D eigenvalue weighted by Gasteiger charge is 2.23. The molecule has 1 heterocycles. The van der Waals surface area contributed by atoms with Gasteiger partial charge in [0.1, 0.15) is 5.02 Å². The van der Waals surface area contributed by atoms with Gasteiger partial charge in [-0.25, -0.2) is 4.98 Å². The highest BCUT2D eigenvalue weighted by Crippen LogP contribution is 2.22. The lowest BCUT2D eigenvalue weighted by Gasteiger charge is -2.27. The molecule has 0 radical (unpaired) electrons. The lowest BCUT2D eigenvalue weighted by Crippen LogP contribution is -2.42. The van der Waals surface area contributed by atoms with Crippen molar-refractivity contribution in [1.82, 2.24) is 9.97 Å². The zero-order valence-electron chi connectivity index (χ0n) is 9.16. The largest absolute Gasteiger partial charge is 0.394 e. The summed E-state index contributed by atoms with van der Waals surface area (Å²) in [4.78, 5) is 8.00. The molecule has 1 aromatic heterocycles. The molecular weight excluding hydrogens is 232 g/mol. The lowest BCUT2D eigenvalue weighted by atomic mass is 10.1. The average Bonchev–Trinajstić information content (AvgIpc) is 2.32. The molecule has 7 heteroatoms. The third kappa shape index (κ3) is 2.94. The van der Waals surface area contributed by atoms with E-state index in [4.69, 9.17) is 21.8 Å². The van der Waals surface area contributed by atoms with Crippen LogP contribution in [0.3, 0.4) is 0 Å². The summed E-state index contributed by atoms with van der Waals surface area (Å²) in [6.07, 6.45) is 1.44. The van der Waals surface area contributed by atoms with E-state index < -0.39 is 5.54 Å².